The lowest BCUT2D eigenvalue weighted by atomic mass is 9.52. The second-order valence-electron chi connectivity index (χ2n) is 8.44. The molecule has 0 amide bonds. The Morgan fingerprint density at radius 1 is 1.35 bits per heavy atom. The number of nitrogens with one attached hydrogen (secondary N) is 1. The van der Waals surface area contributed by atoms with Crippen molar-refractivity contribution < 1.29 is 14.6 Å². The standard InChI is InChI=1S/C20H25N3O3/c1-2-26-19(24)14-10-22-15-3-4-21-18(15)17(14)23-16-12-5-11-6-13(16)9-20(25,7-11)8-12/h4,10-13,16,25H,2-3,5-9H2,1H3,(H,22,23)/t11?,12-,13+,16?,20?. The number of nitrogens with zero attached hydrogens (tertiary/aromatic N) is 2. The number of pyridine rings is 1. The second-order valence-corrected chi connectivity index (χ2v) is 8.44. The smallest absolute Gasteiger partial charge is 0.341 e. The summed E-state index contributed by atoms with van der Waals surface area (Å²) in [5, 5.41) is 14.5. The van der Waals surface area contributed by atoms with Crippen LogP contribution in [0.1, 0.15) is 55.1 Å². The van der Waals surface area contributed by atoms with E-state index in [0.717, 1.165) is 36.3 Å². The number of rotatable bonds is 4. The van der Waals surface area contributed by atoms with Gasteiger partial charge in [-0.25, -0.2) is 4.79 Å². The summed E-state index contributed by atoms with van der Waals surface area (Å²) in [6.07, 6.45) is 9.20. The molecular formula is C20H25N3O3. The maximum absolute atomic E-state index is 12.5. The molecule has 0 radical (unpaired) electrons. The Hall–Kier alpha value is -1.95. The van der Waals surface area contributed by atoms with Crippen molar-refractivity contribution in [2.24, 2.45) is 22.7 Å². The number of anilines is 1. The van der Waals surface area contributed by atoms with Gasteiger partial charge in [0, 0.05) is 24.9 Å². The van der Waals surface area contributed by atoms with Gasteiger partial charge >= 0.3 is 5.97 Å². The van der Waals surface area contributed by atoms with Gasteiger partial charge in [-0.05, 0) is 56.8 Å². The topological polar surface area (TPSA) is 83.8 Å². The van der Waals surface area contributed by atoms with Crippen LogP contribution >= 0.6 is 0 Å². The Labute approximate surface area is 153 Å². The van der Waals surface area contributed by atoms with Gasteiger partial charge in [0.05, 0.1) is 23.6 Å². The van der Waals surface area contributed by atoms with Gasteiger partial charge in [-0.15, -0.1) is 0 Å². The van der Waals surface area contributed by atoms with E-state index in [1.807, 2.05) is 13.1 Å². The highest BCUT2D eigenvalue weighted by Crippen LogP contribution is 2.56. The van der Waals surface area contributed by atoms with Crippen molar-refractivity contribution in [3.05, 3.63) is 17.5 Å². The highest BCUT2D eigenvalue weighted by atomic mass is 16.5. The first-order valence-corrected chi connectivity index (χ1v) is 9.77. The van der Waals surface area contributed by atoms with E-state index in [2.05, 4.69) is 15.3 Å². The molecule has 26 heavy (non-hydrogen) atoms. The molecule has 0 spiro atoms. The van der Waals surface area contributed by atoms with E-state index in [4.69, 9.17) is 4.74 Å². The van der Waals surface area contributed by atoms with Crippen molar-refractivity contribution >= 4 is 23.6 Å². The lowest BCUT2D eigenvalue weighted by molar-refractivity contribution is -0.129. The molecule has 4 fully saturated rings. The minimum atomic E-state index is -0.461. The number of aromatic nitrogens is 1. The first-order chi connectivity index (χ1) is 12.6. The maximum Gasteiger partial charge on any atom is 0.341 e. The van der Waals surface area contributed by atoms with Crippen molar-refractivity contribution in [3.8, 4) is 0 Å². The number of fused-ring (bicyclic) bond motifs is 1. The lowest BCUT2D eigenvalue weighted by Crippen LogP contribution is -2.59. The van der Waals surface area contributed by atoms with Crippen LogP contribution in [0.2, 0.25) is 0 Å². The zero-order chi connectivity index (χ0) is 17.9. The fourth-order valence-corrected chi connectivity index (χ4v) is 5.95. The quantitative estimate of drug-likeness (QED) is 0.812. The summed E-state index contributed by atoms with van der Waals surface area (Å²) >= 11 is 0. The van der Waals surface area contributed by atoms with Gasteiger partial charge in [0.1, 0.15) is 11.3 Å². The van der Waals surface area contributed by atoms with Gasteiger partial charge in [0.2, 0.25) is 0 Å². The van der Waals surface area contributed by atoms with Crippen LogP contribution in [0, 0.1) is 17.8 Å². The minimum Gasteiger partial charge on any atom is -0.462 e. The SMILES string of the molecule is CCOC(=O)c1cnc2c(c1NC1[C@@H]3CC4C[C@H]1CC(O)(C4)C3)N=CC2. The molecule has 2 N–H and O–H groups in total. The van der Waals surface area contributed by atoms with E-state index >= 15 is 0 Å². The molecule has 6 heteroatoms. The number of ether oxygens (including phenoxy) is 1. The average molecular weight is 355 g/mol. The maximum atomic E-state index is 12.5. The van der Waals surface area contributed by atoms with Crippen LogP contribution in [0.4, 0.5) is 11.4 Å². The first kappa shape index (κ1) is 16.2. The molecule has 4 bridgehead atoms. The van der Waals surface area contributed by atoms with E-state index in [9.17, 15) is 9.90 Å². The number of carbonyl (C=O) groups excluding carboxylic acids is 1. The number of aliphatic imine (C=N–C) groups is 1. The van der Waals surface area contributed by atoms with Crippen LogP contribution in [-0.4, -0.2) is 40.5 Å². The summed E-state index contributed by atoms with van der Waals surface area (Å²) < 4.78 is 5.24. The van der Waals surface area contributed by atoms with Crippen molar-refractivity contribution in [2.75, 3.05) is 11.9 Å². The Balaban J connectivity index is 1.50. The van der Waals surface area contributed by atoms with E-state index in [0.29, 0.717) is 36.3 Å². The van der Waals surface area contributed by atoms with Crippen molar-refractivity contribution in [2.45, 2.75) is 57.1 Å². The summed E-state index contributed by atoms with van der Waals surface area (Å²) in [7, 11) is 0. The van der Waals surface area contributed by atoms with Gasteiger partial charge in [-0.2, -0.15) is 0 Å². The summed E-state index contributed by atoms with van der Waals surface area (Å²) in [6, 6.07) is 0.280. The third-order valence-electron chi connectivity index (χ3n) is 6.68. The number of hydrogen-bond acceptors (Lipinski definition) is 6. The Kier molecular flexibility index (Phi) is 3.61. The fraction of sp³-hybridized carbons (Fsp3) is 0.650. The van der Waals surface area contributed by atoms with Gasteiger partial charge in [0.25, 0.3) is 0 Å². The highest BCUT2D eigenvalue weighted by Gasteiger charge is 2.55. The molecule has 2 heterocycles. The third-order valence-corrected chi connectivity index (χ3v) is 6.68. The molecule has 5 atom stereocenters. The Morgan fingerprint density at radius 3 is 2.81 bits per heavy atom. The number of aliphatic hydroxyl groups is 1. The molecule has 3 unspecified atom stereocenters. The number of hydrogen-bond donors (Lipinski definition) is 2. The summed E-state index contributed by atoms with van der Waals surface area (Å²) in [6.45, 7) is 2.14. The Morgan fingerprint density at radius 2 is 2.12 bits per heavy atom. The summed E-state index contributed by atoms with van der Waals surface area (Å²) in [4.78, 5) is 21.4. The predicted molar refractivity (Wildman–Crippen MR) is 98.0 cm³/mol. The normalized spacial score (nSPS) is 36.2. The van der Waals surface area contributed by atoms with Gasteiger partial charge in [-0.3, -0.25) is 9.98 Å². The van der Waals surface area contributed by atoms with E-state index in [1.54, 1.807) is 6.20 Å². The molecule has 1 aliphatic heterocycles. The van der Waals surface area contributed by atoms with E-state index < -0.39 is 5.60 Å². The second kappa shape index (κ2) is 5.78. The lowest BCUT2D eigenvalue weighted by Gasteiger charge is -2.58. The van der Waals surface area contributed by atoms with Crippen LogP contribution in [0.3, 0.4) is 0 Å². The molecule has 6 nitrogen and oxygen atoms in total. The molecule has 4 aliphatic carbocycles. The zero-order valence-electron chi connectivity index (χ0n) is 15.1. The van der Waals surface area contributed by atoms with Crippen LogP contribution in [-0.2, 0) is 11.2 Å². The fourth-order valence-electron chi connectivity index (χ4n) is 5.95. The van der Waals surface area contributed by atoms with Crippen LogP contribution < -0.4 is 5.32 Å². The highest BCUT2D eigenvalue weighted by molar-refractivity contribution is 6.00. The molecule has 5 aliphatic rings. The summed E-state index contributed by atoms with van der Waals surface area (Å²) in [5.41, 5.74) is 2.46. The molecule has 1 aromatic rings. The van der Waals surface area contributed by atoms with E-state index in [-0.39, 0.29) is 12.0 Å². The van der Waals surface area contributed by atoms with E-state index in [1.165, 1.54) is 12.8 Å². The van der Waals surface area contributed by atoms with Crippen LogP contribution in [0.25, 0.3) is 0 Å². The predicted octanol–water partition coefficient (Wildman–Crippen LogP) is 2.87. The van der Waals surface area contributed by atoms with Crippen molar-refractivity contribution in [1.82, 2.24) is 4.98 Å². The zero-order valence-corrected chi connectivity index (χ0v) is 15.1. The minimum absolute atomic E-state index is 0.280. The van der Waals surface area contributed by atoms with Crippen molar-refractivity contribution in [3.63, 3.8) is 0 Å². The molecule has 0 saturated heterocycles. The monoisotopic (exact) mass is 355 g/mol. The third kappa shape index (κ3) is 2.46. The van der Waals surface area contributed by atoms with Crippen molar-refractivity contribution in [1.29, 1.82) is 0 Å². The van der Waals surface area contributed by atoms with Gasteiger partial charge < -0.3 is 15.2 Å². The molecule has 4 saturated carbocycles. The molecule has 138 valence electrons. The largest absolute Gasteiger partial charge is 0.462 e. The van der Waals surface area contributed by atoms with Gasteiger partial charge in [0.15, 0.2) is 0 Å². The van der Waals surface area contributed by atoms with Gasteiger partial charge in [-0.1, -0.05) is 0 Å². The number of carbonyl (C=O) groups is 1. The average Bonchev–Trinajstić information content (AvgIpc) is 3.05. The van der Waals surface area contributed by atoms with Crippen LogP contribution in [0.15, 0.2) is 11.2 Å². The molecule has 6 rings (SSSR count). The first-order valence-electron chi connectivity index (χ1n) is 9.77. The molecule has 1 aromatic heterocycles. The summed E-state index contributed by atoms with van der Waals surface area (Å²) in [5.74, 6) is 1.21. The Bertz CT molecular complexity index is 775. The van der Waals surface area contributed by atoms with Crippen LogP contribution in [0.5, 0.6) is 0 Å². The number of esters is 1. The molecular weight excluding hydrogens is 330 g/mol. The molecule has 0 aromatic carbocycles.